The Bertz CT molecular complexity index is 1250. The minimum absolute atomic E-state index is 0.256. The van der Waals surface area contributed by atoms with E-state index in [9.17, 15) is 4.79 Å². The SMILES string of the molecule is Cc1ccccc1COc1ccccc1/C=N/Nc1nc(-c2ccccc2)cc(=O)[nH]1. The second-order valence-corrected chi connectivity index (χ2v) is 6.97. The van der Waals surface area contributed by atoms with E-state index in [1.807, 2.05) is 66.7 Å². The Morgan fingerprint density at radius 2 is 1.74 bits per heavy atom. The standard InChI is InChI=1S/C25H22N4O2/c1-18-9-5-6-13-21(18)17-31-23-14-8-7-12-20(23)16-26-29-25-27-22(15-24(30)28-25)19-10-3-2-4-11-19/h2-16H,17H2,1H3,(H2,27,28,29,30)/b26-16+. The first-order chi connectivity index (χ1) is 15.2. The third-order valence-corrected chi connectivity index (χ3v) is 4.75. The highest BCUT2D eigenvalue weighted by Gasteiger charge is 2.05. The third-order valence-electron chi connectivity index (χ3n) is 4.75. The third kappa shape index (κ3) is 5.25. The minimum Gasteiger partial charge on any atom is -0.488 e. The quantitative estimate of drug-likeness (QED) is 0.340. The van der Waals surface area contributed by atoms with Crippen LogP contribution >= 0.6 is 0 Å². The van der Waals surface area contributed by atoms with E-state index < -0.39 is 0 Å². The van der Waals surface area contributed by atoms with Crippen molar-refractivity contribution in [3.05, 3.63) is 112 Å². The number of aromatic amines is 1. The van der Waals surface area contributed by atoms with E-state index in [-0.39, 0.29) is 11.5 Å². The van der Waals surface area contributed by atoms with E-state index in [0.29, 0.717) is 12.3 Å². The Kier molecular flexibility index (Phi) is 6.18. The van der Waals surface area contributed by atoms with Crippen LogP contribution in [0, 0.1) is 6.92 Å². The number of aromatic nitrogens is 2. The summed E-state index contributed by atoms with van der Waals surface area (Å²) in [6, 6.07) is 26.7. The zero-order chi connectivity index (χ0) is 21.5. The maximum atomic E-state index is 12.0. The van der Waals surface area contributed by atoms with Gasteiger partial charge in [0.25, 0.3) is 5.56 Å². The summed E-state index contributed by atoms with van der Waals surface area (Å²) in [5, 5.41) is 4.23. The van der Waals surface area contributed by atoms with Gasteiger partial charge in [-0.2, -0.15) is 5.10 Å². The van der Waals surface area contributed by atoms with Gasteiger partial charge in [-0.05, 0) is 30.2 Å². The molecule has 1 aromatic heterocycles. The van der Waals surface area contributed by atoms with Crippen LogP contribution in [0.5, 0.6) is 5.75 Å². The molecule has 4 aromatic rings. The molecule has 0 atom stereocenters. The van der Waals surface area contributed by atoms with Crippen LogP contribution in [0.2, 0.25) is 0 Å². The molecule has 0 saturated heterocycles. The van der Waals surface area contributed by atoms with Gasteiger partial charge < -0.3 is 4.74 Å². The number of aryl methyl sites for hydroxylation is 1. The Labute approximate surface area is 180 Å². The largest absolute Gasteiger partial charge is 0.488 e. The van der Waals surface area contributed by atoms with Crippen molar-refractivity contribution in [3.8, 4) is 17.0 Å². The van der Waals surface area contributed by atoms with E-state index in [1.165, 1.54) is 11.6 Å². The molecule has 0 amide bonds. The van der Waals surface area contributed by atoms with Crippen LogP contribution in [0.3, 0.4) is 0 Å². The molecule has 31 heavy (non-hydrogen) atoms. The maximum Gasteiger partial charge on any atom is 0.252 e. The molecule has 3 aromatic carbocycles. The molecule has 0 aliphatic carbocycles. The molecular weight excluding hydrogens is 388 g/mol. The fraction of sp³-hybridized carbons (Fsp3) is 0.0800. The number of rotatable bonds is 7. The van der Waals surface area contributed by atoms with Crippen LogP contribution in [0.25, 0.3) is 11.3 Å². The van der Waals surface area contributed by atoms with Crippen molar-refractivity contribution in [1.82, 2.24) is 9.97 Å². The molecule has 0 aliphatic heterocycles. The van der Waals surface area contributed by atoms with Crippen LogP contribution in [0.1, 0.15) is 16.7 Å². The Balaban J connectivity index is 1.48. The molecule has 0 radical (unpaired) electrons. The number of nitrogens with one attached hydrogen (secondary N) is 2. The van der Waals surface area contributed by atoms with Crippen LogP contribution < -0.4 is 15.7 Å². The number of benzene rings is 3. The van der Waals surface area contributed by atoms with Gasteiger partial charge in [-0.15, -0.1) is 0 Å². The van der Waals surface area contributed by atoms with Crippen molar-refractivity contribution in [1.29, 1.82) is 0 Å². The summed E-state index contributed by atoms with van der Waals surface area (Å²) in [6.07, 6.45) is 1.64. The van der Waals surface area contributed by atoms with Crippen molar-refractivity contribution in [2.24, 2.45) is 5.10 Å². The summed E-state index contributed by atoms with van der Waals surface area (Å²) in [4.78, 5) is 19.1. The van der Waals surface area contributed by atoms with E-state index in [1.54, 1.807) is 6.21 Å². The van der Waals surface area contributed by atoms with Crippen molar-refractivity contribution in [3.63, 3.8) is 0 Å². The first kappa shape index (κ1) is 20.1. The lowest BCUT2D eigenvalue weighted by Gasteiger charge is -2.10. The number of nitrogens with zero attached hydrogens (tertiary/aromatic N) is 2. The normalized spacial score (nSPS) is 10.9. The molecule has 0 spiro atoms. The van der Waals surface area contributed by atoms with Gasteiger partial charge in [0.1, 0.15) is 12.4 Å². The van der Waals surface area contributed by atoms with Crippen LogP contribution in [-0.4, -0.2) is 16.2 Å². The van der Waals surface area contributed by atoms with Crippen molar-refractivity contribution in [2.75, 3.05) is 5.43 Å². The zero-order valence-corrected chi connectivity index (χ0v) is 17.1. The monoisotopic (exact) mass is 410 g/mol. The molecular formula is C25H22N4O2. The maximum absolute atomic E-state index is 12.0. The second kappa shape index (κ2) is 9.54. The van der Waals surface area contributed by atoms with Gasteiger partial charge in [-0.3, -0.25) is 9.78 Å². The number of H-pyrrole nitrogens is 1. The molecule has 2 N–H and O–H groups in total. The lowest BCUT2D eigenvalue weighted by molar-refractivity contribution is 0.305. The zero-order valence-electron chi connectivity index (χ0n) is 17.1. The first-order valence-electron chi connectivity index (χ1n) is 9.91. The van der Waals surface area contributed by atoms with Crippen molar-refractivity contribution >= 4 is 12.2 Å². The number of para-hydroxylation sites is 1. The van der Waals surface area contributed by atoms with Gasteiger partial charge in [0.2, 0.25) is 5.95 Å². The van der Waals surface area contributed by atoms with Gasteiger partial charge >= 0.3 is 0 Å². The molecule has 1 heterocycles. The van der Waals surface area contributed by atoms with Crippen molar-refractivity contribution < 1.29 is 4.74 Å². The van der Waals surface area contributed by atoms with E-state index in [0.717, 1.165) is 22.4 Å². The summed E-state index contributed by atoms with van der Waals surface area (Å²) in [5.41, 5.74) is 7.10. The molecule has 0 aliphatic rings. The number of hydrazone groups is 1. The molecule has 4 rings (SSSR count). The van der Waals surface area contributed by atoms with E-state index in [2.05, 4.69) is 39.6 Å². The topological polar surface area (TPSA) is 79.4 Å². The van der Waals surface area contributed by atoms with Crippen molar-refractivity contribution in [2.45, 2.75) is 13.5 Å². The summed E-state index contributed by atoms with van der Waals surface area (Å²) >= 11 is 0. The summed E-state index contributed by atoms with van der Waals surface area (Å²) in [5.74, 6) is 0.983. The highest BCUT2D eigenvalue weighted by molar-refractivity contribution is 5.83. The van der Waals surface area contributed by atoms with Gasteiger partial charge in [0.05, 0.1) is 11.9 Å². The molecule has 154 valence electrons. The van der Waals surface area contributed by atoms with Crippen LogP contribution in [0.4, 0.5) is 5.95 Å². The van der Waals surface area contributed by atoms with Gasteiger partial charge in [0.15, 0.2) is 0 Å². The summed E-state index contributed by atoms with van der Waals surface area (Å²) in [7, 11) is 0. The minimum atomic E-state index is -0.256. The summed E-state index contributed by atoms with van der Waals surface area (Å²) < 4.78 is 6.01. The lowest BCUT2D eigenvalue weighted by atomic mass is 10.1. The highest BCUT2D eigenvalue weighted by Crippen LogP contribution is 2.19. The van der Waals surface area contributed by atoms with Crippen LogP contribution in [-0.2, 0) is 6.61 Å². The Morgan fingerprint density at radius 1 is 1.00 bits per heavy atom. The fourth-order valence-corrected chi connectivity index (χ4v) is 3.08. The van der Waals surface area contributed by atoms with Gasteiger partial charge in [0, 0.05) is 17.2 Å². The number of ether oxygens (including phenoxy) is 1. The fourth-order valence-electron chi connectivity index (χ4n) is 3.08. The van der Waals surface area contributed by atoms with Gasteiger partial charge in [-0.25, -0.2) is 10.4 Å². The molecule has 6 nitrogen and oxygen atoms in total. The predicted molar refractivity (Wildman–Crippen MR) is 123 cm³/mol. The molecule has 0 bridgehead atoms. The van der Waals surface area contributed by atoms with E-state index in [4.69, 9.17) is 4.74 Å². The Hall–Kier alpha value is -4.19. The average Bonchev–Trinajstić information content (AvgIpc) is 2.79. The molecule has 6 heteroatoms. The number of anilines is 1. The Morgan fingerprint density at radius 3 is 2.58 bits per heavy atom. The predicted octanol–water partition coefficient (Wildman–Crippen LogP) is 4.77. The number of hydrogen-bond donors (Lipinski definition) is 2. The van der Waals surface area contributed by atoms with Gasteiger partial charge in [-0.1, -0.05) is 66.7 Å². The smallest absolute Gasteiger partial charge is 0.252 e. The highest BCUT2D eigenvalue weighted by atomic mass is 16.5. The average molecular weight is 410 g/mol. The molecule has 0 unspecified atom stereocenters. The summed E-state index contributed by atoms with van der Waals surface area (Å²) in [6.45, 7) is 2.53. The van der Waals surface area contributed by atoms with E-state index >= 15 is 0 Å². The lowest BCUT2D eigenvalue weighted by Crippen LogP contribution is -2.10. The molecule has 0 fully saturated rings. The van der Waals surface area contributed by atoms with Crippen LogP contribution in [0.15, 0.2) is 94.8 Å². The first-order valence-corrected chi connectivity index (χ1v) is 9.91. The molecule has 0 saturated carbocycles. The number of hydrogen-bond acceptors (Lipinski definition) is 5. The second-order valence-electron chi connectivity index (χ2n) is 6.97.